The second-order valence-corrected chi connectivity index (χ2v) is 10.8. The van der Waals surface area contributed by atoms with Gasteiger partial charge < -0.3 is 14.2 Å². The van der Waals surface area contributed by atoms with Crippen molar-refractivity contribution in [1.82, 2.24) is 4.90 Å². The molecule has 0 amide bonds. The lowest BCUT2D eigenvalue weighted by Crippen LogP contribution is -2.47. The molecule has 0 N–H and O–H groups in total. The first kappa shape index (κ1) is 25.9. The molecule has 1 heterocycles. The normalized spacial score (nSPS) is 14.9. The van der Waals surface area contributed by atoms with Gasteiger partial charge >= 0.3 is 0 Å². The first-order valence-corrected chi connectivity index (χ1v) is 13.5. The minimum Gasteiger partial charge on any atom is -0.493 e. The summed E-state index contributed by atoms with van der Waals surface area (Å²) >= 11 is 0. The van der Waals surface area contributed by atoms with E-state index in [1.165, 1.54) is 0 Å². The number of likely N-dealkylation sites (tertiary alicyclic amines) is 1. The van der Waals surface area contributed by atoms with Gasteiger partial charge in [-0.25, -0.2) is 8.42 Å². The van der Waals surface area contributed by atoms with Gasteiger partial charge in [0.15, 0.2) is 11.5 Å². The molecule has 192 valence electrons. The number of ether oxygens (including phenoxy) is 3. The predicted molar refractivity (Wildman–Crippen MR) is 142 cm³/mol. The van der Waals surface area contributed by atoms with Crippen molar-refractivity contribution in [1.29, 1.82) is 0 Å². The van der Waals surface area contributed by atoms with Crippen molar-refractivity contribution in [3.8, 4) is 17.2 Å². The minimum atomic E-state index is -3.71. The second-order valence-electron chi connectivity index (χ2n) is 8.95. The molecule has 0 saturated carbocycles. The summed E-state index contributed by atoms with van der Waals surface area (Å²) in [5, 5.41) is 0. The van der Waals surface area contributed by atoms with Crippen LogP contribution in [-0.2, 0) is 16.6 Å². The van der Waals surface area contributed by atoms with Gasteiger partial charge in [0.2, 0.25) is 5.75 Å². The van der Waals surface area contributed by atoms with E-state index >= 15 is 0 Å². The molecule has 1 fully saturated rings. The molecule has 3 aromatic carbocycles. The second kappa shape index (κ2) is 11.2. The highest BCUT2D eigenvalue weighted by Crippen LogP contribution is 2.40. The van der Waals surface area contributed by atoms with Crippen molar-refractivity contribution in [2.24, 2.45) is 0 Å². The van der Waals surface area contributed by atoms with Gasteiger partial charge in [-0.05, 0) is 50.1 Å². The SMILES string of the molecule is COc1ccc(CN2CCC(N(c3ccc(C)cc3)S(=O)(=O)c3ccccc3)CC2)c(OC)c1OC. The Kier molecular flexibility index (Phi) is 8.06. The van der Waals surface area contributed by atoms with E-state index in [0.717, 1.165) is 37.1 Å². The fraction of sp³-hybridized carbons (Fsp3) is 0.357. The predicted octanol–water partition coefficient (Wildman–Crippen LogP) is 4.88. The summed E-state index contributed by atoms with van der Waals surface area (Å²) in [6, 6.07) is 20.1. The Morgan fingerprint density at radius 1 is 0.833 bits per heavy atom. The summed E-state index contributed by atoms with van der Waals surface area (Å²) in [6.07, 6.45) is 1.44. The molecule has 0 aliphatic carbocycles. The van der Waals surface area contributed by atoms with Gasteiger partial charge in [-0.15, -0.1) is 0 Å². The van der Waals surface area contributed by atoms with Gasteiger partial charge in [0.05, 0.1) is 31.9 Å². The largest absolute Gasteiger partial charge is 0.493 e. The van der Waals surface area contributed by atoms with E-state index in [0.29, 0.717) is 34.4 Å². The van der Waals surface area contributed by atoms with Gasteiger partial charge in [-0.2, -0.15) is 0 Å². The Bertz CT molecular complexity index is 1260. The van der Waals surface area contributed by atoms with Crippen LogP contribution in [0.15, 0.2) is 71.6 Å². The van der Waals surface area contributed by atoms with Crippen LogP contribution in [0.4, 0.5) is 5.69 Å². The Hall–Kier alpha value is -3.23. The minimum absolute atomic E-state index is 0.138. The molecule has 0 bridgehead atoms. The maximum atomic E-state index is 13.8. The molecule has 0 spiro atoms. The number of anilines is 1. The molecule has 8 heteroatoms. The van der Waals surface area contributed by atoms with Crippen molar-refractivity contribution in [2.45, 2.75) is 37.2 Å². The molecular weight excluding hydrogens is 476 g/mol. The van der Waals surface area contributed by atoms with Crippen LogP contribution < -0.4 is 18.5 Å². The third-order valence-electron chi connectivity index (χ3n) is 6.66. The lowest BCUT2D eigenvalue weighted by Gasteiger charge is -2.39. The number of methoxy groups -OCH3 is 3. The maximum absolute atomic E-state index is 13.8. The maximum Gasteiger partial charge on any atom is 0.264 e. The van der Waals surface area contributed by atoms with Crippen LogP contribution in [-0.4, -0.2) is 53.8 Å². The molecule has 1 saturated heterocycles. The highest BCUT2D eigenvalue weighted by atomic mass is 32.2. The molecule has 0 unspecified atom stereocenters. The van der Waals surface area contributed by atoms with Crippen LogP contribution in [0.1, 0.15) is 24.0 Å². The van der Waals surface area contributed by atoms with E-state index in [4.69, 9.17) is 14.2 Å². The Labute approximate surface area is 214 Å². The standard InChI is InChI=1S/C28H34N2O5S/c1-21-10-13-23(14-11-21)30(36(31,32)25-8-6-5-7-9-25)24-16-18-29(19-17-24)20-22-12-15-26(33-2)28(35-4)27(22)34-3/h5-15,24H,16-20H2,1-4H3. The van der Waals surface area contributed by atoms with Gasteiger partial charge in [0, 0.05) is 31.2 Å². The average Bonchev–Trinajstić information content (AvgIpc) is 2.91. The number of piperidine rings is 1. The van der Waals surface area contributed by atoms with E-state index in [1.54, 1.807) is 49.9 Å². The zero-order valence-corrected chi connectivity index (χ0v) is 22.1. The number of sulfonamides is 1. The highest BCUT2D eigenvalue weighted by molar-refractivity contribution is 7.92. The molecule has 1 aliphatic heterocycles. The fourth-order valence-electron chi connectivity index (χ4n) is 4.78. The van der Waals surface area contributed by atoms with Gasteiger partial charge in [0.25, 0.3) is 10.0 Å². The van der Waals surface area contributed by atoms with Crippen molar-refractivity contribution in [2.75, 3.05) is 38.7 Å². The lowest BCUT2D eigenvalue weighted by molar-refractivity contribution is 0.203. The summed E-state index contributed by atoms with van der Waals surface area (Å²) < 4.78 is 45.8. The molecule has 36 heavy (non-hydrogen) atoms. The van der Waals surface area contributed by atoms with Crippen LogP contribution in [0.3, 0.4) is 0 Å². The number of hydrogen-bond donors (Lipinski definition) is 0. The van der Waals surface area contributed by atoms with Crippen LogP contribution in [0.5, 0.6) is 17.2 Å². The van der Waals surface area contributed by atoms with Crippen LogP contribution >= 0.6 is 0 Å². The van der Waals surface area contributed by atoms with Gasteiger partial charge in [0.1, 0.15) is 0 Å². The number of hydrogen-bond acceptors (Lipinski definition) is 6. The third kappa shape index (κ3) is 5.29. The first-order valence-electron chi connectivity index (χ1n) is 12.1. The lowest BCUT2D eigenvalue weighted by atomic mass is 10.0. The fourth-order valence-corrected chi connectivity index (χ4v) is 6.51. The summed E-state index contributed by atoms with van der Waals surface area (Å²) in [5.74, 6) is 1.86. The summed E-state index contributed by atoms with van der Waals surface area (Å²) in [6.45, 7) is 4.19. The number of nitrogens with zero attached hydrogens (tertiary/aromatic N) is 2. The average molecular weight is 511 g/mol. The number of rotatable bonds is 9. The number of aryl methyl sites for hydroxylation is 1. The zero-order chi connectivity index (χ0) is 25.7. The van der Waals surface area contributed by atoms with Crippen molar-refractivity contribution in [3.05, 3.63) is 77.9 Å². The monoisotopic (exact) mass is 510 g/mol. The Morgan fingerprint density at radius 3 is 2.06 bits per heavy atom. The molecule has 4 rings (SSSR count). The summed E-state index contributed by atoms with van der Waals surface area (Å²) in [5.41, 5.74) is 2.79. The van der Waals surface area contributed by atoms with Crippen molar-refractivity contribution < 1.29 is 22.6 Å². The molecule has 0 atom stereocenters. The van der Waals surface area contributed by atoms with Gasteiger partial charge in [-0.1, -0.05) is 42.0 Å². The summed E-state index contributed by atoms with van der Waals surface area (Å²) in [4.78, 5) is 2.63. The topological polar surface area (TPSA) is 68.3 Å². The zero-order valence-electron chi connectivity index (χ0n) is 21.3. The van der Waals surface area contributed by atoms with E-state index in [2.05, 4.69) is 4.90 Å². The smallest absolute Gasteiger partial charge is 0.264 e. The quantitative estimate of drug-likeness (QED) is 0.409. The van der Waals surface area contributed by atoms with E-state index in [-0.39, 0.29) is 6.04 Å². The molecular formula is C28H34N2O5S. The van der Waals surface area contributed by atoms with Gasteiger partial charge in [-0.3, -0.25) is 9.21 Å². The molecule has 0 radical (unpaired) electrons. The van der Waals surface area contributed by atoms with Crippen LogP contribution in [0.2, 0.25) is 0 Å². The highest BCUT2D eigenvalue weighted by Gasteiger charge is 2.34. The molecule has 0 aromatic heterocycles. The van der Waals surface area contributed by atoms with E-state index < -0.39 is 10.0 Å². The number of benzene rings is 3. The first-order chi connectivity index (χ1) is 17.4. The summed E-state index contributed by atoms with van der Waals surface area (Å²) in [7, 11) is 1.12. The third-order valence-corrected chi connectivity index (χ3v) is 8.55. The molecule has 1 aliphatic rings. The Balaban J connectivity index is 1.56. The van der Waals surface area contributed by atoms with E-state index in [9.17, 15) is 8.42 Å². The van der Waals surface area contributed by atoms with Crippen LogP contribution in [0, 0.1) is 6.92 Å². The molecule has 7 nitrogen and oxygen atoms in total. The van der Waals surface area contributed by atoms with Crippen molar-refractivity contribution >= 4 is 15.7 Å². The molecule has 3 aromatic rings. The Morgan fingerprint density at radius 2 is 1.47 bits per heavy atom. The van der Waals surface area contributed by atoms with E-state index in [1.807, 2.05) is 49.4 Å². The van der Waals surface area contributed by atoms with Crippen molar-refractivity contribution in [3.63, 3.8) is 0 Å². The van der Waals surface area contributed by atoms with Crippen LogP contribution in [0.25, 0.3) is 0 Å².